The molecule has 6 heteroatoms. The Morgan fingerprint density at radius 3 is 2.96 bits per heavy atom. The van der Waals surface area contributed by atoms with Crippen LogP contribution in [0.3, 0.4) is 0 Å². The Labute approximate surface area is 146 Å². The van der Waals surface area contributed by atoms with Gasteiger partial charge < -0.3 is 9.64 Å². The molecule has 5 nitrogen and oxygen atoms in total. The summed E-state index contributed by atoms with van der Waals surface area (Å²) >= 11 is 1.46. The van der Waals surface area contributed by atoms with Gasteiger partial charge in [0, 0.05) is 30.4 Å². The highest BCUT2D eigenvalue weighted by molar-refractivity contribution is 8.00. The number of hydrogen-bond acceptors (Lipinski definition) is 5. The van der Waals surface area contributed by atoms with Crippen LogP contribution in [0.4, 0.5) is 0 Å². The zero-order valence-corrected chi connectivity index (χ0v) is 14.3. The molecule has 0 aliphatic heterocycles. The molecule has 0 atom stereocenters. The summed E-state index contributed by atoms with van der Waals surface area (Å²) in [5.41, 5.74) is 0.954. The zero-order valence-electron chi connectivity index (χ0n) is 13.5. The first kappa shape index (κ1) is 17.8. The largest absolute Gasteiger partial charge is 0.497 e. The number of pyridine rings is 1. The van der Waals surface area contributed by atoms with Crippen molar-refractivity contribution in [3.63, 3.8) is 0 Å². The van der Waals surface area contributed by atoms with E-state index in [2.05, 4.69) is 11.1 Å². The van der Waals surface area contributed by atoms with Crippen LogP contribution >= 0.6 is 11.8 Å². The van der Waals surface area contributed by atoms with Crippen LogP contribution in [0.15, 0.2) is 53.7 Å². The Balaban J connectivity index is 1.97. The highest BCUT2D eigenvalue weighted by Gasteiger charge is 2.14. The molecule has 0 aliphatic rings. The summed E-state index contributed by atoms with van der Waals surface area (Å²) in [4.78, 5) is 19.3. The number of rotatable bonds is 8. The van der Waals surface area contributed by atoms with E-state index < -0.39 is 0 Å². The SMILES string of the molecule is COc1cccc(SCC(=O)N(CCC#N)Cc2cccnc2)c1. The number of nitriles is 1. The van der Waals surface area contributed by atoms with Gasteiger partial charge in [0.2, 0.25) is 5.91 Å². The minimum absolute atomic E-state index is 0.00178. The molecule has 0 saturated heterocycles. The summed E-state index contributed by atoms with van der Waals surface area (Å²) in [5, 5.41) is 8.81. The molecule has 0 radical (unpaired) electrons. The first-order valence-corrected chi connectivity index (χ1v) is 8.52. The minimum atomic E-state index is 0.00178. The number of carbonyl (C=O) groups is 1. The van der Waals surface area contributed by atoms with Crippen LogP contribution in [0.2, 0.25) is 0 Å². The molecular weight excluding hydrogens is 322 g/mol. The fourth-order valence-electron chi connectivity index (χ4n) is 2.12. The van der Waals surface area contributed by atoms with E-state index in [1.54, 1.807) is 24.4 Å². The van der Waals surface area contributed by atoms with Gasteiger partial charge in [0.25, 0.3) is 0 Å². The molecule has 0 N–H and O–H groups in total. The molecule has 0 aliphatic carbocycles. The van der Waals surface area contributed by atoms with E-state index >= 15 is 0 Å². The third-order valence-electron chi connectivity index (χ3n) is 3.35. The molecule has 24 heavy (non-hydrogen) atoms. The predicted molar refractivity (Wildman–Crippen MR) is 93.6 cm³/mol. The van der Waals surface area contributed by atoms with Crippen LogP contribution in [-0.4, -0.2) is 35.2 Å². The van der Waals surface area contributed by atoms with Crippen LogP contribution in [0.1, 0.15) is 12.0 Å². The molecule has 0 bridgehead atoms. The van der Waals surface area contributed by atoms with Crippen LogP contribution in [-0.2, 0) is 11.3 Å². The molecule has 1 aromatic heterocycles. The van der Waals surface area contributed by atoms with Crippen LogP contribution < -0.4 is 4.74 Å². The van der Waals surface area contributed by atoms with Crippen LogP contribution in [0.5, 0.6) is 5.75 Å². The van der Waals surface area contributed by atoms with Crippen molar-refractivity contribution in [2.75, 3.05) is 19.4 Å². The van der Waals surface area contributed by atoms with E-state index in [9.17, 15) is 4.79 Å². The van der Waals surface area contributed by atoms with Crippen molar-refractivity contribution >= 4 is 17.7 Å². The minimum Gasteiger partial charge on any atom is -0.497 e. The third kappa shape index (κ3) is 5.60. The molecule has 0 fully saturated rings. The lowest BCUT2D eigenvalue weighted by molar-refractivity contribution is -0.128. The summed E-state index contributed by atoms with van der Waals surface area (Å²) < 4.78 is 5.19. The highest BCUT2D eigenvalue weighted by Crippen LogP contribution is 2.23. The fraction of sp³-hybridized carbons (Fsp3) is 0.278. The molecule has 1 amide bonds. The Morgan fingerprint density at radius 2 is 2.25 bits per heavy atom. The second-order valence-electron chi connectivity index (χ2n) is 5.05. The molecule has 1 aromatic carbocycles. The van der Waals surface area contributed by atoms with E-state index in [0.717, 1.165) is 16.2 Å². The van der Waals surface area contributed by atoms with Crippen molar-refractivity contribution in [1.82, 2.24) is 9.88 Å². The van der Waals surface area contributed by atoms with Crippen LogP contribution in [0, 0.1) is 11.3 Å². The normalized spacial score (nSPS) is 10.0. The van der Waals surface area contributed by atoms with Crippen molar-refractivity contribution in [2.24, 2.45) is 0 Å². The number of aromatic nitrogens is 1. The number of thioether (sulfide) groups is 1. The van der Waals surface area contributed by atoms with Gasteiger partial charge in [-0.05, 0) is 29.8 Å². The Morgan fingerprint density at radius 1 is 1.38 bits per heavy atom. The van der Waals surface area contributed by atoms with E-state index in [1.165, 1.54) is 11.8 Å². The summed E-state index contributed by atoms with van der Waals surface area (Å²) in [7, 11) is 1.62. The van der Waals surface area contributed by atoms with E-state index in [-0.39, 0.29) is 5.91 Å². The van der Waals surface area contributed by atoms with Crippen molar-refractivity contribution in [3.05, 3.63) is 54.4 Å². The van der Waals surface area contributed by atoms with Gasteiger partial charge in [-0.2, -0.15) is 5.26 Å². The van der Waals surface area contributed by atoms with Gasteiger partial charge in [-0.1, -0.05) is 12.1 Å². The van der Waals surface area contributed by atoms with E-state index in [4.69, 9.17) is 10.00 Å². The van der Waals surface area contributed by atoms with Gasteiger partial charge in [0.05, 0.1) is 25.4 Å². The van der Waals surface area contributed by atoms with Crippen molar-refractivity contribution < 1.29 is 9.53 Å². The van der Waals surface area contributed by atoms with Gasteiger partial charge in [-0.15, -0.1) is 11.8 Å². The average Bonchev–Trinajstić information content (AvgIpc) is 2.64. The zero-order chi connectivity index (χ0) is 17.2. The van der Waals surface area contributed by atoms with Crippen molar-refractivity contribution in [1.29, 1.82) is 5.26 Å². The lowest BCUT2D eigenvalue weighted by Crippen LogP contribution is -2.32. The lowest BCUT2D eigenvalue weighted by Gasteiger charge is -2.21. The molecular formula is C18H19N3O2S. The maximum absolute atomic E-state index is 12.5. The number of amides is 1. The average molecular weight is 341 g/mol. The Hall–Kier alpha value is -2.52. The van der Waals surface area contributed by atoms with Crippen LogP contribution in [0.25, 0.3) is 0 Å². The molecule has 2 aromatic rings. The second kappa shape index (κ2) is 9.58. The molecule has 2 rings (SSSR count). The maximum Gasteiger partial charge on any atom is 0.233 e. The van der Waals surface area contributed by atoms with Gasteiger partial charge >= 0.3 is 0 Å². The first-order chi connectivity index (χ1) is 11.7. The number of carbonyl (C=O) groups excluding carboxylic acids is 1. The number of ether oxygens (including phenoxy) is 1. The monoisotopic (exact) mass is 341 g/mol. The molecule has 124 valence electrons. The molecule has 1 heterocycles. The summed E-state index contributed by atoms with van der Waals surface area (Å²) in [6.07, 6.45) is 3.75. The highest BCUT2D eigenvalue weighted by atomic mass is 32.2. The van der Waals surface area contributed by atoms with E-state index in [1.807, 2.05) is 36.4 Å². The molecule has 0 unspecified atom stereocenters. The number of methoxy groups -OCH3 is 1. The standard InChI is InChI=1S/C18H19N3O2S/c1-23-16-6-2-7-17(11-16)24-14-18(22)21(10-4-8-19)13-15-5-3-9-20-12-15/h2-3,5-7,9,11-12H,4,10,13-14H2,1H3. The first-order valence-electron chi connectivity index (χ1n) is 7.53. The smallest absolute Gasteiger partial charge is 0.233 e. The number of hydrogen-bond donors (Lipinski definition) is 0. The number of nitrogens with zero attached hydrogens (tertiary/aromatic N) is 3. The van der Waals surface area contributed by atoms with E-state index in [0.29, 0.717) is 25.3 Å². The Bertz CT molecular complexity index is 701. The van der Waals surface area contributed by atoms with Gasteiger partial charge in [0.1, 0.15) is 5.75 Å². The quantitative estimate of drug-likeness (QED) is 0.690. The summed E-state index contributed by atoms with van der Waals surface area (Å²) in [6.45, 7) is 0.885. The molecule has 0 spiro atoms. The van der Waals surface area contributed by atoms with Crippen molar-refractivity contribution in [3.8, 4) is 11.8 Å². The van der Waals surface area contributed by atoms with Crippen molar-refractivity contribution in [2.45, 2.75) is 17.9 Å². The topological polar surface area (TPSA) is 66.2 Å². The van der Waals surface area contributed by atoms with Gasteiger partial charge in [-0.25, -0.2) is 0 Å². The summed E-state index contributed by atoms with van der Waals surface area (Å²) in [6, 6.07) is 13.5. The van der Waals surface area contributed by atoms with Gasteiger partial charge in [-0.3, -0.25) is 9.78 Å². The Kier molecular flexibility index (Phi) is 7.12. The third-order valence-corrected chi connectivity index (χ3v) is 4.32. The predicted octanol–water partition coefficient (Wildman–Crippen LogP) is 3.12. The van der Waals surface area contributed by atoms with Gasteiger partial charge in [0.15, 0.2) is 0 Å². The maximum atomic E-state index is 12.5. The molecule has 0 saturated carbocycles. The lowest BCUT2D eigenvalue weighted by atomic mass is 10.2. The fourth-order valence-corrected chi connectivity index (χ4v) is 2.96. The summed E-state index contributed by atoms with van der Waals surface area (Å²) in [5.74, 6) is 1.09. The second-order valence-corrected chi connectivity index (χ2v) is 6.10. The number of benzene rings is 1.